The molecule has 0 atom stereocenters. The molecule has 0 spiro atoms. The van der Waals surface area contributed by atoms with Crippen molar-refractivity contribution in [1.29, 1.82) is 0 Å². The smallest absolute Gasteiger partial charge is 0.257 e. The first-order valence-electron chi connectivity index (χ1n) is 7.84. The van der Waals surface area contributed by atoms with E-state index in [1.54, 1.807) is 31.4 Å². The van der Waals surface area contributed by atoms with Gasteiger partial charge >= 0.3 is 0 Å². The summed E-state index contributed by atoms with van der Waals surface area (Å²) in [6.07, 6.45) is 0. The number of halogens is 1. The number of ether oxygens (including phenoxy) is 1. The first-order chi connectivity index (χ1) is 13.1. The summed E-state index contributed by atoms with van der Waals surface area (Å²) in [6.45, 7) is 0. The summed E-state index contributed by atoms with van der Waals surface area (Å²) in [5, 5.41) is 14.5. The topological polar surface area (TPSA) is 93.2 Å². The third kappa shape index (κ3) is 4.81. The van der Waals surface area contributed by atoms with Gasteiger partial charge < -0.3 is 10.1 Å². The second-order valence-corrected chi connectivity index (χ2v) is 6.60. The maximum atomic E-state index is 12.3. The van der Waals surface area contributed by atoms with E-state index < -0.39 is 0 Å². The van der Waals surface area contributed by atoms with Crippen LogP contribution >= 0.6 is 22.9 Å². The van der Waals surface area contributed by atoms with E-state index in [0.717, 1.165) is 11.3 Å². The van der Waals surface area contributed by atoms with E-state index in [0.29, 0.717) is 21.4 Å². The number of hydrogen-bond donors (Lipinski definition) is 2. The monoisotopic (exact) mass is 402 g/mol. The van der Waals surface area contributed by atoms with Crippen molar-refractivity contribution in [2.75, 3.05) is 23.6 Å². The third-order valence-electron chi connectivity index (χ3n) is 3.53. The van der Waals surface area contributed by atoms with E-state index in [1.807, 2.05) is 24.3 Å². The Morgan fingerprint density at radius 3 is 2.37 bits per heavy atom. The number of methoxy groups -OCH3 is 1. The van der Waals surface area contributed by atoms with Crippen LogP contribution in [0.5, 0.6) is 5.75 Å². The van der Waals surface area contributed by atoms with Crippen LogP contribution in [0.4, 0.5) is 10.8 Å². The highest BCUT2D eigenvalue weighted by Crippen LogP contribution is 2.28. The molecular formula is C18H15ClN4O3S. The van der Waals surface area contributed by atoms with Crippen LogP contribution in [0.25, 0.3) is 10.6 Å². The van der Waals surface area contributed by atoms with Gasteiger partial charge in [-0.15, -0.1) is 21.8 Å². The highest BCUT2D eigenvalue weighted by atomic mass is 35.5. The van der Waals surface area contributed by atoms with Crippen molar-refractivity contribution in [3.05, 3.63) is 54.1 Å². The lowest BCUT2D eigenvalue weighted by molar-refractivity contribution is -0.113. The minimum absolute atomic E-state index is 0.129. The normalized spacial score (nSPS) is 10.3. The second-order valence-electron chi connectivity index (χ2n) is 5.35. The highest BCUT2D eigenvalue weighted by Gasteiger charge is 2.12. The van der Waals surface area contributed by atoms with Crippen molar-refractivity contribution in [3.63, 3.8) is 0 Å². The first kappa shape index (κ1) is 18.8. The Morgan fingerprint density at radius 1 is 1.04 bits per heavy atom. The van der Waals surface area contributed by atoms with Crippen molar-refractivity contribution in [2.24, 2.45) is 0 Å². The molecule has 0 aliphatic rings. The quantitative estimate of drug-likeness (QED) is 0.614. The number of alkyl halides is 1. The van der Waals surface area contributed by atoms with Crippen LogP contribution in [-0.4, -0.2) is 35.0 Å². The molecule has 0 radical (unpaired) electrons. The zero-order valence-corrected chi connectivity index (χ0v) is 15.8. The number of amides is 2. The number of nitrogens with one attached hydrogen (secondary N) is 2. The minimum Gasteiger partial charge on any atom is -0.497 e. The fourth-order valence-electron chi connectivity index (χ4n) is 2.19. The predicted molar refractivity (Wildman–Crippen MR) is 106 cm³/mol. The summed E-state index contributed by atoms with van der Waals surface area (Å²) in [7, 11) is 1.60. The van der Waals surface area contributed by atoms with Crippen LogP contribution in [0.2, 0.25) is 0 Å². The Bertz CT molecular complexity index is 942. The summed E-state index contributed by atoms with van der Waals surface area (Å²) in [5.41, 5.74) is 1.88. The van der Waals surface area contributed by atoms with Crippen LogP contribution in [0.15, 0.2) is 48.5 Å². The lowest BCUT2D eigenvalue weighted by Crippen LogP contribution is -2.14. The molecule has 2 N–H and O–H groups in total. The molecule has 27 heavy (non-hydrogen) atoms. The molecule has 0 aliphatic carbocycles. The molecule has 2 aromatic carbocycles. The number of nitrogens with zero attached hydrogens (tertiary/aromatic N) is 2. The summed E-state index contributed by atoms with van der Waals surface area (Å²) < 4.78 is 5.13. The Hall–Kier alpha value is -2.97. The van der Waals surface area contributed by atoms with Crippen molar-refractivity contribution >= 4 is 45.6 Å². The molecule has 3 rings (SSSR count). The van der Waals surface area contributed by atoms with Gasteiger partial charge in [0.25, 0.3) is 5.91 Å². The fraction of sp³-hybridized carbons (Fsp3) is 0.111. The molecule has 3 aromatic rings. The Balaban J connectivity index is 1.65. The number of hydrogen-bond acceptors (Lipinski definition) is 6. The summed E-state index contributed by atoms with van der Waals surface area (Å²) in [5.74, 6) is -0.00516. The summed E-state index contributed by atoms with van der Waals surface area (Å²) >= 11 is 6.71. The maximum absolute atomic E-state index is 12.3. The Labute approximate surface area is 164 Å². The van der Waals surface area contributed by atoms with E-state index >= 15 is 0 Å². The number of carbonyl (C=O) groups excluding carboxylic acids is 2. The predicted octanol–water partition coefficient (Wildman–Crippen LogP) is 3.64. The zero-order valence-electron chi connectivity index (χ0n) is 14.2. The van der Waals surface area contributed by atoms with Crippen LogP contribution < -0.4 is 15.4 Å². The SMILES string of the molecule is COc1ccc(-c2nnc(NC(=O)c3ccc(NC(=O)CCl)cc3)s2)cc1. The van der Waals surface area contributed by atoms with Gasteiger partial charge in [-0.1, -0.05) is 11.3 Å². The van der Waals surface area contributed by atoms with Gasteiger partial charge in [0.1, 0.15) is 16.6 Å². The molecule has 0 saturated carbocycles. The molecule has 0 saturated heterocycles. The van der Waals surface area contributed by atoms with E-state index in [1.165, 1.54) is 11.3 Å². The second kappa shape index (κ2) is 8.61. The van der Waals surface area contributed by atoms with Crippen molar-refractivity contribution in [1.82, 2.24) is 10.2 Å². The average molecular weight is 403 g/mol. The highest BCUT2D eigenvalue weighted by molar-refractivity contribution is 7.18. The number of rotatable bonds is 6. The Morgan fingerprint density at radius 2 is 1.74 bits per heavy atom. The zero-order chi connectivity index (χ0) is 19.2. The molecule has 9 heteroatoms. The number of carbonyl (C=O) groups is 2. The van der Waals surface area contributed by atoms with Crippen LogP contribution in [0.3, 0.4) is 0 Å². The van der Waals surface area contributed by atoms with Crippen molar-refractivity contribution in [3.8, 4) is 16.3 Å². The first-order valence-corrected chi connectivity index (χ1v) is 9.19. The molecule has 1 heterocycles. The number of aromatic nitrogens is 2. The standard InChI is InChI=1S/C18H15ClN4O3S/c1-26-14-8-4-12(5-9-14)17-22-23-18(27-17)21-16(25)11-2-6-13(7-3-11)20-15(24)10-19/h2-9H,10H2,1H3,(H,20,24)(H,21,23,25). The molecule has 1 aromatic heterocycles. The van der Waals surface area contributed by atoms with Gasteiger partial charge in [-0.2, -0.15) is 0 Å². The largest absolute Gasteiger partial charge is 0.497 e. The molecule has 0 unspecified atom stereocenters. The van der Waals surface area contributed by atoms with E-state index in [9.17, 15) is 9.59 Å². The van der Waals surface area contributed by atoms with Gasteiger partial charge in [0.15, 0.2) is 0 Å². The number of anilines is 2. The molecule has 138 valence electrons. The third-order valence-corrected chi connectivity index (χ3v) is 4.67. The molecule has 0 aliphatic heterocycles. The molecule has 7 nitrogen and oxygen atoms in total. The molecular weight excluding hydrogens is 388 g/mol. The van der Waals surface area contributed by atoms with Gasteiger partial charge in [0.2, 0.25) is 11.0 Å². The fourth-order valence-corrected chi connectivity index (χ4v) is 3.00. The van der Waals surface area contributed by atoms with E-state index in [2.05, 4.69) is 20.8 Å². The van der Waals surface area contributed by atoms with Crippen molar-refractivity contribution in [2.45, 2.75) is 0 Å². The van der Waals surface area contributed by atoms with Gasteiger partial charge in [-0.25, -0.2) is 0 Å². The van der Waals surface area contributed by atoms with Crippen LogP contribution in [0, 0.1) is 0 Å². The van der Waals surface area contributed by atoms with Crippen LogP contribution in [0.1, 0.15) is 10.4 Å². The van der Waals surface area contributed by atoms with E-state index in [-0.39, 0.29) is 17.7 Å². The van der Waals surface area contributed by atoms with Gasteiger partial charge in [-0.3, -0.25) is 14.9 Å². The van der Waals surface area contributed by atoms with Gasteiger partial charge in [0.05, 0.1) is 7.11 Å². The van der Waals surface area contributed by atoms with Gasteiger partial charge in [-0.05, 0) is 48.5 Å². The van der Waals surface area contributed by atoms with Crippen molar-refractivity contribution < 1.29 is 14.3 Å². The average Bonchev–Trinajstić information content (AvgIpc) is 3.17. The van der Waals surface area contributed by atoms with E-state index in [4.69, 9.17) is 16.3 Å². The minimum atomic E-state index is -0.317. The Kier molecular flexibility index (Phi) is 6.00. The van der Waals surface area contributed by atoms with Crippen LogP contribution in [-0.2, 0) is 4.79 Å². The lowest BCUT2D eigenvalue weighted by atomic mass is 10.2. The molecule has 2 amide bonds. The number of benzene rings is 2. The summed E-state index contributed by atoms with van der Waals surface area (Å²) in [6, 6.07) is 13.9. The lowest BCUT2D eigenvalue weighted by Gasteiger charge is -2.05. The maximum Gasteiger partial charge on any atom is 0.257 e. The summed E-state index contributed by atoms with van der Waals surface area (Å²) in [4.78, 5) is 23.6. The molecule has 0 bridgehead atoms. The molecule has 0 fully saturated rings. The van der Waals surface area contributed by atoms with Gasteiger partial charge in [0, 0.05) is 16.8 Å².